The minimum absolute atomic E-state index is 0.0547. The van der Waals surface area contributed by atoms with Gasteiger partial charge in [-0.2, -0.15) is 26.3 Å². The summed E-state index contributed by atoms with van der Waals surface area (Å²) in [7, 11) is 0. The maximum absolute atomic E-state index is 12.9. The topological polar surface area (TPSA) is 90.2 Å². The molecular formula is C24H19F6N3O4S. The molecule has 2 aromatic heterocycles. The van der Waals surface area contributed by atoms with Crippen LogP contribution in [-0.4, -0.2) is 27.9 Å². The third-order valence-corrected chi connectivity index (χ3v) is 6.57. The number of aromatic nitrogens is 3. The fourth-order valence-electron chi connectivity index (χ4n) is 3.52. The van der Waals surface area contributed by atoms with E-state index in [4.69, 9.17) is 9.47 Å². The Kier molecular flexibility index (Phi) is 7.54. The SMILES string of the molecule is CCC(Oc1ccc(-c2noc(=O)[nH]2)c(OCC(F)(F)F)c1)c1sc(-c2ccc(C(F)(F)F)cc2)nc1C. The quantitative estimate of drug-likeness (QED) is 0.235. The van der Waals surface area contributed by atoms with Crippen molar-refractivity contribution in [1.29, 1.82) is 0 Å². The first-order valence-corrected chi connectivity index (χ1v) is 11.9. The zero-order valence-electron chi connectivity index (χ0n) is 19.7. The molecule has 2 aromatic carbocycles. The number of thiazole rings is 1. The molecule has 2 heterocycles. The lowest BCUT2D eigenvalue weighted by Crippen LogP contribution is -2.19. The molecule has 14 heteroatoms. The van der Waals surface area contributed by atoms with Crippen molar-refractivity contribution < 1.29 is 40.3 Å². The van der Waals surface area contributed by atoms with E-state index < -0.39 is 36.4 Å². The molecule has 0 saturated heterocycles. The molecule has 0 aliphatic carbocycles. The summed E-state index contributed by atoms with van der Waals surface area (Å²) < 4.78 is 92.6. The standard InChI is InChI=1S/C24H19F6N3O4S/c1-3-17(19-12(2)31-21(38-19)13-4-6-14(7-5-13)24(28,29)30)36-15-8-9-16(20-32-22(34)37-33-20)18(10-15)35-11-23(25,26)27/h4-10,17H,3,11H2,1-2H3,(H,32,33,34). The van der Waals surface area contributed by atoms with E-state index in [0.29, 0.717) is 27.6 Å². The second-order valence-corrected chi connectivity index (χ2v) is 9.09. The molecule has 0 amide bonds. The van der Waals surface area contributed by atoms with Crippen LogP contribution in [0, 0.1) is 6.92 Å². The van der Waals surface area contributed by atoms with Gasteiger partial charge in [-0.25, -0.2) is 9.78 Å². The zero-order valence-corrected chi connectivity index (χ0v) is 20.6. The summed E-state index contributed by atoms with van der Waals surface area (Å²) in [5.74, 6) is -1.08. The molecule has 0 saturated carbocycles. The van der Waals surface area contributed by atoms with Crippen LogP contribution in [0.15, 0.2) is 51.8 Å². The number of H-pyrrole nitrogens is 1. The Hall–Kier alpha value is -3.81. The first-order valence-electron chi connectivity index (χ1n) is 11.1. The number of benzene rings is 2. The van der Waals surface area contributed by atoms with E-state index in [9.17, 15) is 31.1 Å². The fraction of sp³-hybridized carbons (Fsp3) is 0.292. The van der Waals surface area contributed by atoms with E-state index in [0.717, 1.165) is 12.1 Å². The van der Waals surface area contributed by atoms with Gasteiger partial charge in [0, 0.05) is 11.6 Å². The molecule has 38 heavy (non-hydrogen) atoms. The van der Waals surface area contributed by atoms with E-state index in [2.05, 4.69) is 19.6 Å². The minimum Gasteiger partial charge on any atom is -0.485 e. The van der Waals surface area contributed by atoms with Crippen molar-refractivity contribution in [2.24, 2.45) is 0 Å². The highest BCUT2D eigenvalue weighted by atomic mass is 32.1. The Labute approximate surface area is 215 Å². The summed E-state index contributed by atoms with van der Waals surface area (Å²) >= 11 is 1.24. The van der Waals surface area contributed by atoms with Crippen LogP contribution >= 0.6 is 11.3 Å². The van der Waals surface area contributed by atoms with Gasteiger partial charge < -0.3 is 9.47 Å². The van der Waals surface area contributed by atoms with Crippen LogP contribution in [0.25, 0.3) is 22.0 Å². The first-order chi connectivity index (χ1) is 17.8. The smallest absolute Gasteiger partial charge is 0.439 e. The number of rotatable bonds is 8. The van der Waals surface area contributed by atoms with E-state index in [1.807, 2.05) is 6.92 Å². The van der Waals surface area contributed by atoms with Gasteiger partial charge in [-0.3, -0.25) is 9.51 Å². The monoisotopic (exact) mass is 559 g/mol. The van der Waals surface area contributed by atoms with Gasteiger partial charge in [0.2, 0.25) is 0 Å². The molecule has 0 fully saturated rings. The summed E-state index contributed by atoms with van der Waals surface area (Å²) in [6.45, 7) is 1.97. The normalized spacial score (nSPS) is 12.9. The maximum atomic E-state index is 12.9. The Balaban J connectivity index is 1.61. The molecular weight excluding hydrogens is 540 g/mol. The molecule has 202 valence electrons. The zero-order chi connectivity index (χ0) is 27.7. The Bertz CT molecular complexity index is 1460. The van der Waals surface area contributed by atoms with Crippen molar-refractivity contribution >= 4 is 11.3 Å². The van der Waals surface area contributed by atoms with E-state index in [-0.39, 0.29) is 22.9 Å². The Morgan fingerprint density at radius 3 is 2.37 bits per heavy atom. The third-order valence-electron chi connectivity index (χ3n) is 5.27. The van der Waals surface area contributed by atoms with Gasteiger partial charge in [0.15, 0.2) is 12.4 Å². The van der Waals surface area contributed by atoms with E-state index in [1.165, 1.54) is 41.7 Å². The van der Waals surface area contributed by atoms with Gasteiger partial charge in [0.25, 0.3) is 0 Å². The predicted octanol–water partition coefficient (Wildman–Crippen LogP) is 6.95. The molecule has 0 aliphatic rings. The Morgan fingerprint density at radius 2 is 1.79 bits per heavy atom. The predicted molar refractivity (Wildman–Crippen MR) is 125 cm³/mol. The second-order valence-electron chi connectivity index (χ2n) is 8.06. The van der Waals surface area contributed by atoms with Crippen LogP contribution in [0.1, 0.15) is 35.6 Å². The maximum Gasteiger partial charge on any atom is 0.439 e. The summed E-state index contributed by atoms with van der Waals surface area (Å²) in [6.07, 6.45) is -9.19. The molecule has 0 spiro atoms. The first kappa shape index (κ1) is 27.2. The molecule has 0 radical (unpaired) electrons. The molecule has 4 rings (SSSR count). The largest absolute Gasteiger partial charge is 0.485 e. The molecule has 1 N–H and O–H groups in total. The second kappa shape index (κ2) is 10.5. The fourth-order valence-corrected chi connectivity index (χ4v) is 4.70. The van der Waals surface area contributed by atoms with E-state index >= 15 is 0 Å². The van der Waals surface area contributed by atoms with Crippen molar-refractivity contribution in [1.82, 2.24) is 15.1 Å². The number of aryl methyl sites for hydroxylation is 1. The molecule has 7 nitrogen and oxygen atoms in total. The van der Waals surface area contributed by atoms with Gasteiger partial charge in [-0.05, 0) is 37.6 Å². The van der Waals surface area contributed by atoms with Crippen LogP contribution in [0.5, 0.6) is 11.5 Å². The van der Waals surface area contributed by atoms with Gasteiger partial charge in [0.1, 0.15) is 22.6 Å². The van der Waals surface area contributed by atoms with Crippen molar-refractivity contribution in [2.75, 3.05) is 6.61 Å². The van der Waals surface area contributed by atoms with Crippen LogP contribution in [-0.2, 0) is 6.18 Å². The Morgan fingerprint density at radius 1 is 1.08 bits per heavy atom. The number of hydrogen-bond acceptors (Lipinski definition) is 7. The third kappa shape index (κ3) is 6.36. The van der Waals surface area contributed by atoms with Crippen LogP contribution < -0.4 is 15.2 Å². The lowest BCUT2D eigenvalue weighted by molar-refractivity contribution is -0.153. The summed E-state index contributed by atoms with van der Waals surface area (Å²) in [5.41, 5.74) is 0.383. The summed E-state index contributed by atoms with van der Waals surface area (Å²) in [4.78, 5) is 18.7. The van der Waals surface area contributed by atoms with Crippen LogP contribution in [0.3, 0.4) is 0 Å². The number of nitrogens with zero attached hydrogens (tertiary/aromatic N) is 2. The number of ether oxygens (including phenoxy) is 2. The van der Waals surface area contributed by atoms with Crippen LogP contribution in [0.2, 0.25) is 0 Å². The average Bonchev–Trinajstić information content (AvgIpc) is 3.46. The molecule has 1 atom stereocenters. The molecule has 4 aromatic rings. The lowest BCUT2D eigenvalue weighted by Gasteiger charge is -2.19. The highest BCUT2D eigenvalue weighted by Crippen LogP contribution is 2.39. The number of aromatic amines is 1. The van der Waals surface area contributed by atoms with Crippen molar-refractivity contribution in [3.05, 3.63) is 69.1 Å². The number of nitrogens with one attached hydrogen (secondary N) is 1. The highest BCUT2D eigenvalue weighted by molar-refractivity contribution is 7.15. The van der Waals surface area contributed by atoms with Crippen molar-refractivity contribution in [3.8, 4) is 33.5 Å². The molecule has 1 unspecified atom stereocenters. The number of alkyl halides is 6. The summed E-state index contributed by atoms with van der Waals surface area (Å²) in [5, 5.41) is 3.99. The van der Waals surface area contributed by atoms with Crippen molar-refractivity contribution in [3.63, 3.8) is 0 Å². The number of halogens is 6. The molecule has 0 bridgehead atoms. The average molecular weight is 559 g/mol. The van der Waals surface area contributed by atoms with Gasteiger partial charge in [-0.1, -0.05) is 24.2 Å². The lowest BCUT2D eigenvalue weighted by atomic mass is 10.1. The van der Waals surface area contributed by atoms with E-state index in [1.54, 1.807) is 6.92 Å². The van der Waals surface area contributed by atoms with Crippen molar-refractivity contribution in [2.45, 2.75) is 38.7 Å². The number of hydrogen-bond donors (Lipinski definition) is 1. The highest BCUT2D eigenvalue weighted by Gasteiger charge is 2.31. The van der Waals surface area contributed by atoms with Gasteiger partial charge >= 0.3 is 18.1 Å². The minimum atomic E-state index is -4.62. The van der Waals surface area contributed by atoms with Crippen LogP contribution in [0.4, 0.5) is 26.3 Å². The van der Waals surface area contributed by atoms with Gasteiger partial charge in [0.05, 0.1) is 21.7 Å². The van der Waals surface area contributed by atoms with Gasteiger partial charge in [-0.15, -0.1) is 11.3 Å². The summed E-state index contributed by atoms with van der Waals surface area (Å²) in [6, 6.07) is 8.71. The molecule has 0 aliphatic heterocycles.